The number of hydrogen-bond acceptors (Lipinski definition) is 3. The zero-order valence-electron chi connectivity index (χ0n) is 18.4. The second-order valence-corrected chi connectivity index (χ2v) is 8.89. The largest absolute Gasteiger partial charge is 0.375 e. The van der Waals surface area contributed by atoms with Crippen LogP contribution in [0.5, 0.6) is 0 Å². The average molecular weight is 471 g/mol. The van der Waals surface area contributed by atoms with Gasteiger partial charge in [-0.3, -0.25) is 9.59 Å². The Hall–Kier alpha value is -3.67. The van der Waals surface area contributed by atoms with E-state index in [1.54, 1.807) is 41.3 Å². The van der Waals surface area contributed by atoms with Gasteiger partial charge in [0.25, 0.3) is 5.91 Å². The van der Waals surface area contributed by atoms with E-state index in [4.69, 9.17) is 11.6 Å². The molecule has 0 radical (unpaired) electrons. The van der Waals surface area contributed by atoms with E-state index in [1.165, 1.54) is 0 Å². The summed E-state index contributed by atoms with van der Waals surface area (Å²) in [6.07, 6.45) is 4.04. The fraction of sp³-hybridized carbons (Fsp3) is 0.143. The number of benzene rings is 3. The highest BCUT2D eigenvalue weighted by molar-refractivity contribution is 6.31. The number of aromatic nitrogens is 1. The first-order valence-electron chi connectivity index (χ1n) is 11.1. The number of Topliss-reactive ketones (excluding diaryl/α,β-unsaturated/α-hetero) is 1. The number of carbonyl (C=O) groups excluding carboxylic acids is 2. The molecule has 0 fully saturated rings. The second-order valence-electron chi connectivity index (χ2n) is 8.45. The van der Waals surface area contributed by atoms with Crippen molar-refractivity contribution in [3.05, 3.63) is 119 Å². The molecule has 1 amide bonds. The lowest BCUT2D eigenvalue weighted by Crippen LogP contribution is -2.42. The Balaban J connectivity index is 1.44. The van der Waals surface area contributed by atoms with E-state index < -0.39 is 11.5 Å². The predicted molar refractivity (Wildman–Crippen MR) is 133 cm³/mol. The number of amides is 1. The van der Waals surface area contributed by atoms with Gasteiger partial charge in [0.05, 0.1) is 12.1 Å². The highest BCUT2D eigenvalue weighted by Gasteiger charge is 2.50. The van der Waals surface area contributed by atoms with Crippen molar-refractivity contribution in [1.29, 1.82) is 0 Å². The van der Waals surface area contributed by atoms with E-state index in [1.807, 2.05) is 65.5 Å². The van der Waals surface area contributed by atoms with Gasteiger partial charge in [-0.1, -0.05) is 54.1 Å². The van der Waals surface area contributed by atoms with Crippen molar-refractivity contribution in [2.24, 2.45) is 0 Å². The van der Waals surface area contributed by atoms with Crippen LogP contribution in [0, 0.1) is 0 Å². The van der Waals surface area contributed by atoms with Gasteiger partial charge in [0, 0.05) is 40.8 Å². The van der Waals surface area contributed by atoms with Crippen molar-refractivity contribution < 1.29 is 14.7 Å². The van der Waals surface area contributed by atoms with Crippen LogP contribution in [0.2, 0.25) is 5.02 Å². The van der Waals surface area contributed by atoms with Crippen LogP contribution in [-0.4, -0.2) is 27.9 Å². The minimum Gasteiger partial charge on any atom is -0.375 e. The fourth-order valence-corrected chi connectivity index (χ4v) is 4.65. The van der Waals surface area contributed by atoms with Crippen molar-refractivity contribution in [1.82, 2.24) is 4.57 Å². The molecule has 2 heterocycles. The fourth-order valence-electron chi connectivity index (χ4n) is 4.48. The lowest BCUT2D eigenvalue weighted by Gasteiger charge is -2.23. The third-order valence-electron chi connectivity index (χ3n) is 6.25. The monoisotopic (exact) mass is 470 g/mol. The number of rotatable bonds is 7. The third kappa shape index (κ3) is 4.04. The molecule has 1 aliphatic rings. The zero-order valence-corrected chi connectivity index (χ0v) is 19.2. The molecule has 1 N–H and O–H groups in total. The molecule has 0 bridgehead atoms. The predicted octanol–water partition coefficient (Wildman–Crippen LogP) is 5.18. The number of aliphatic hydroxyl groups is 1. The maximum atomic E-state index is 13.5. The van der Waals surface area contributed by atoms with Gasteiger partial charge in [0.15, 0.2) is 11.4 Å². The Morgan fingerprint density at radius 1 is 0.912 bits per heavy atom. The van der Waals surface area contributed by atoms with Crippen molar-refractivity contribution in [3.8, 4) is 5.69 Å². The molecule has 0 spiro atoms. The number of nitrogens with zero attached hydrogens (tertiary/aromatic N) is 2. The Labute approximate surface area is 202 Å². The molecule has 34 heavy (non-hydrogen) atoms. The number of ketones is 1. The zero-order chi connectivity index (χ0) is 23.7. The van der Waals surface area contributed by atoms with E-state index in [-0.39, 0.29) is 12.2 Å². The van der Waals surface area contributed by atoms with E-state index in [0.717, 1.165) is 11.3 Å². The summed E-state index contributed by atoms with van der Waals surface area (Å²) in [7, 11) is 0. The molecule has 3 aromatic carbocycles. The van der Waals surface area contributed by atoms with Crippen molar-refractivity contribution in [3.63, 3.8) is 0 Å². The minimum atomic E-state index is -1.97. The van der Waals surface area contributed by atoms with Gasteiger partial charge in [0.2, 0.25) is 0 Å². The first-order chi connectivity index (χ1) is 16.5. The quantitative estimate of drug-likeness (QED) is 0.378. The first-order valence-corrected chi connectivity index (χ1v) is 11.5. The minimum absolute atomic E-state index is 0.319. The molecule has 1 aromatic heterocycles. The van der Waals surface area contributed by atoms with Crippen molar-refractivity contribution >= 4 is 29.0 Å². The Morgan fingerprint density at radius 2 is 1.68 bits per heavy atom. The van der Waals surface area contributed by atoms with Gasteiger partial charge in [-0.15, -0.1) is 0 Å². The Morgan fingerprint density at radius 3 is 2.44 bits per heavy atom. The van der Waals surface area contributed by atoms with Crippen molar-refractivity contribution in [2.75, 3.05) is 11.4 Å². The lowest BCUT2D eigenvalue weighted by atomic mass is 9.88. The van der Waals surface area contributed by atoms with Crippen LogP contribution < -0.4 is 4.90 Å². The van der Waals surface area contributed by atoms with E-state index >= 15 is 0 Å². The van der Waals surface area contributed by atoms with Gasteiger partial charge in [-0.2, -0.15) is 0 Å². The lowest BCUT2D eigenvalue weighted by molar-refractivity contribution is -0.135. The standard InChI is InChI=1S/C28H23ClN2O3/c29-22-11-12-25-24(18-22)28(34,27(33)31(25)16-13-20-7-2-1-3-8-20)19-26(32)21-9-6-10-23(17-21)30-14-4-5-15-30/h1-12,14-15,17-18,34H,13,16,19H2. The van der Waals surface area contributed by atoms with Gasteiger partial charge >= 0.3 is 0 Å². The average Bonchev–Trinajstić information content (AvgIpc) is 3.46. The summed E-state index contributed by atoms with van der Waals surface area (Å²) in [5.74, 6) is -0.823. The molecule has 170 valence electrons. The van der Waals surface area contributed by atoms with Gasteiger partial charge < -0.3 is 14.6 Å². The molecule has 5 rings (SSSR count). The summed E-state index contributed by atoms with van der Waals surface area (Å²) >= 11 is 6.22. The van der Waals surface area contributed by atoms with Crippen LogP contribution in [0.1, 0.15) is 27.9 Å². The van der Waals surface area contributed by atoms with Crippen LogP contribution in [0.25, 0.3) is 5.69 Å². The number of hydrogen-bond donors (Lipinski definition) is 1. The molecule has 1 atom stereocenters. The van der Waals surface area contributed by atoms with Crippen LogP contribution in [0.3, 0.4) is 0 Å². The second kappa shape index (κ2) is 8.93. The number of fused-ring (bicyclic) bond motifs is 1. The van der Waals surface area contributed by atoms with Gasteiger partial charge in [-0.05, 0) is 54.4 Å². The van der Waals surface area contributed by atoms with Crippen LogP contribution in [-0.2, 0) is 16.8 Å². The van der Waals surface area contributed by atoms with E-state index in [0.29, 0.717) is 34.8 Å². The molecular weight excluding hydrogens is 448 g/mol. The van der Waals surface area contributed by atoms with E-state index in [2.05, 4.69) is 0 Å². The summed E-state index contributed by atoms with van der Waals surface area (Å²) in [5.41, 5.74) is 1.32. The highest BCUT2D eigenvalue weighted by Crippen LogP contribution is 2.44. The van der Waals surface area contributed by atoms with Crippen LogP contribution in [0.15, 0.2) is 97.3 Å². The molecule has 6 heteroatoms. The molecule has 0 saturated carbocycles. The first kappa shape index (κ1) is 22.1. The highest BCUT2D eigenvalue weighted by atomic mass is 35.5. The Kier molecular flexibility index (Phi) is 5.82. The maximum Gasteiger partial charge on any atom is 0.264 e. The summed E-state index contributed by atoms with van der Waals surface area (Å²) in [6.45, 7) is 0.386. The number of carbonyl (C=O) groups is 2. The third-order valence-corrected chi connectivity index (χ3v) is 6.48. The molecule has 5 nitrogen and oxygen atoms in total. The molecule has 1 unspecified atom stereocenters. The van der Waals surface area contributed by atoms with Gasteiger partial charge in [-0.25, -0.2) is 0 Å². The molecular formula is C28H23ClN2O3. The molecule has 0 saturated heterocycles. The molecule has 4 aromatic rings. The Bertz CT molecular complexity index is 1350. The molecule has 0 aliphatic carbocycles. The van der Waals surface area contributed by atoms with Crippen LogP contribution >= 0.6 is 11.6 Å². The summed E-state index contributed by atoms with van der Waals surface area (Å²) in [5, 5.41) is 12.0. The normalized spacial score (nSPS) is 17.1. The number of halogens is 1. The summed E-state index contributed by atoms with van der Waals surface area (Å²) in [4.78, 5) is 28.4. The van der Waals surface area contributed by atoms with Crippen molar-refractivity contribution in [2.45, 2.75) is 18.4 Å². The van der Waals surface area contributed by atoms with Gasteiger partial charge in [0.1, 0.15) is 0 Å². The smallest absolute Gasteiger partial charge is 0.264 e. The number of anilines is 1. The topological polar surface area (TPSA) is 62.5 Å². The van der Waals surface area contributed by atoms with Crippen LogP contribution in [0.4, 0.5) is 5.69 Å². The molecule has 1 aliphatic heterocycles. The summed E-state index contributed by atoms with van der Waals surface area (Å²) < 4.78 is 1.90. The SMILES string of the molecule is O=C(CC1(O)C(=O)N(CCc2ccccc2)c2ccc(Cl)cc21)c1cccc(-n2cccc2)c1. The summed E-state index contributed by atoms with van der Waals surface area (Å²) in [6, 6.07) is 25.8. The van der Waals surface area contributed by atoms with E-state index in [9.17, 15) is 14.7 Å². The maximum absolute atomic E-state index is 13.5.